The van der Waals surface area contributed by atoms with E-state index in [4.69, 9.17) is 9.47 Å². The van der Waals surface area contributed by atoms with Gasteiger partial charge in [-0.1, -0.05) is 49.3 Å². The van der Waals surface area contributed by atoms with Gasteiger partial charge in [-0.3, -0.25) is 19.1 Å². The maximum absolute atomic E-state index is 14.2. The first kappa shape index (κ1) is 36.1. The lowest BCUT2D eigenvalue weighted by Crippen LogP contribution is -2.58. The zero-order valence-corrected chi connectivity index (χ0v) is 29.3. The fraction of sp³-hybridized carbons (Fsp3) is 0.618. The highest BCUT2D eigenvalue weighted by Crippen LogP contribution is 2.45. The predicted octanol–water partition coefficient (Wildman–Crippen LogP) is 2.52. The Kier molecular flexibility index (Phi) is 10.6. The first-order valence-corrected chi connectivity index (χ1v) is 18.8. The summed E-state index contributed by atoms with van der Waals surface area (Å²) < 4.78 is 37.3. The fourth-order valence-corrected chi connectivity index (χ4v) is 7.26. The van der Waals surface area contributed by atoms with Gasteiger partial charge in [0.2, 0.25) is 21.8 Å². The van der Waals surface area contributed by atoms with Crippen LogP contribution >= 0.6 is 0 Å². The zero-order chi connectivity index (χ0) is 35.6. The number of fused-ring (bicyclic) bond motifs is 3. The molecule has 0 bridgehead atoms. The van der Waals surface area contributed by atoms with Crippen molar-refractivity contribution in [3.63, 3.8) is 0 Å². The summed E-state index contributed by atoms with van der Waals surface area (Å²) in [7, 11) is -3.93. The van der Waals surface area contributed by atoms with Gasteiger partial charge in [0.25, 0.3) is 5.91 Å². The molecule has 268 valence electrons. The molecule has 0 spiro atoms. The Morgan fingerprint density at radius 3 is 2.51 bits per heavy atom. The molecular weight excluding hydrogens is 654 g/mol. The van der Waals surface area contributed by atoms with Crippen LogP contribution in [0.15, 0.2) is 36.4 Å². The number of sulfonamides is 1. The number of carbonyl (C=O) groups excluding carboxylic acids is 5. The zero-order valence-electron chi connectivity index (χ0n) is 28.5. The van der Waals surface area contributed by atoms with Crippen molar-refractivity contribution in [2.45, 2.75) is 108 Å². The normalized spacial score (nSPS) is 28.3. The summed E-state index contributed by atoms with van der Waals surface area (Å²) in [6.07, 6.45) is 6.23. The summed E-state index contributed by atoms with van der Waals surface area (Å²) in [5, 5.41) is 5.45. The number of hydrogen-bond acceptors (Lipinski definition) is 9. The van der Waals surface area contributed by atoms with Crippen molar-refractivity contribution in [1.29, 1.82) is 0 Å². The molecule has 0 unspecified atom stereocenters. The highest BCUT2D eigenvalue weighted by Gasteiger charge is 2.61. The molecule has 14 nitrogen and oxygen atoms in total. The van der Waals surface area contributed by atoms with E-state index in [1.807, 2.05) is 41.1 Å². The van der Waals surface area contributed by atoms with Crippen molar-refractivity contribution in [2.24, 2.45) is 5.92 Å². The summed E-state index contributed by atoms with van der Waals surface area (Å²) in [6, 6.07) is 5.63. The highest BCUT2D eigenvalue weighted by molar-refractivity contribution is 7.89. The van der Waals surface area contributed by atoms with Gasteiger partial charge >= 0.3 is 12.2 Å². The molecule has 1 saturated heterocycles. The van der Waals surface area contributed by atoms with Crippen LogP contribution in [0.25, 0.3) is 0 Å². The molecule has 0 aromatic heterocycles. The minimum absolute atomic E-state index is 0.0584. The number of rotatable bonds is 4. The van der Waals surface area contributed by atoms with Crippen LogP contribution in [0, 0.1) is 5.92 Å². The predicted molar refractivity (Wildman–Crippen MR) is 178 cm³/mol. The molecule has 5 amide bonds. The lowest BCUT2D eigenvalue weighted by atomic mass is 10.0. The Morgan fingerprint density at radius 1 is 1.06 bits per heavy atom. The van der Waals surface area contributed by atoms with Crippen molar-refractivity contribution >= 4 is 39.9 Å². The molecule has 1 saturated carbocycles. The molecule has 5 atom stereocenters. The number of nitrogens with one attached hydrogen (secondary N) is 3. The molecule has 1 aromatic rings. The highest BCUT2D eigenvalue weighted by atomic mass is 32.2. The largest absolute Gasteiger partial charge is 0.444 e. The van der Waals surface area contributed by atoms with E-state index in [0.29, 0.717) is 32.4 Å². The van der Waals surface area contributed by atoms with Crippen molar-refractivity contribution in [3.8, 4) is 0 Å². The van der Waals surface area contributed by atoms with E-state index in [-0.39, 0.29) is 25.8 Å². The van der Waals surface area contributed by atoms with Crippen molar-refractivity contribution < 1.29 is 41.9 Å². The third-order valence-corrected chi connectivity index (χ3v) is 9.83. The van der Waals surface area contributed by atoms with Gasteiger partial charge in [-0.2, -0.15) is 0 Å². The molecule has 49 heavy (non-hydrogen) atoms. The summed E-state index contributed by atoms with van der Waals surface area (Å²) in [5.41, 5.74) is -0.173. The van der Waals surface area contributed by atoms with Crippen molar-refractivity contribution in [1.82, 2.24) is 25.2 Å². The number of carbonyl (C=O) groups is 5. The first-order chi connectivity index (χ1) is 23.0. The molecular formula is C34H47N5O9S. The van der Waals surface area contributed by atoms with Gasteiger partial charge in [0.05, 0.1) is 12.8 Å². The molecule has 1 aliphatic carbocycles. The molecule has 2 fully saturated rings. The summed E-state index contributed by atoms with van der Waals surface area (Å²) >= 11 is 0. The number of amides is 5. The first-order valence-electron chi connectivity index (χ1n) is 16.9. The molecule has 4 aliphatic rings. The monoisotopic (exact) mass is 701 g/mol. The van der Waals surface area contributed by atoms with Gasteiger partial charge in [-0.25, -0.2) is 18.0 Å². The van der Waals surface area contributed by atoms with E-state index in [9.17, 15) is 32.4 Å². The van der Waals surface area contributed by atoms with E-state index in [1.54, 1.807) is 25.7 Å². The Hall–Kier alpha value is -4.14. The molecule has 15 heteroatoms. The molecule has 3 heterocycles. The third kappa shape index (κ3) is 9.11. The van der Waals surface area contributed by atoms with Crippen LogP contribution in [-0.4, -0.2) is 96.8 Å². The smallest absolute Gasteiger partial charge is 0.410 e. The summed E-state index contributed by atoms with van der Waals surface area (Å²) in [4.78, 5) is 70.6. The van der Waals surface area contributed by atoms with E-state index in [0.717, 1.165) is 30.2 Å². The minimum Gasteiger partial charge on any atom is -0.444 e. The fourth-order valence-electron chi connectivity index (χ4n) is 6.74. The number of hydrogen-bond donors (Lipinski definition) is 3. The van der Waals surface area contributed by atoms with Crippen LogP contribution in [-0.2, 0) is 46.8 Å². The average molecular weight is 702 g/mol. The van der Waals surface area contributed by atoms with Gasteiger partial charge in [-0.05, 0) is 64.0 Å². The molecule has 5 rings (SSSR count). The third-order valence-electron chi connectivity index (χ3n) is 9.27. The molecule has 1 aromatic carbocycles. The lowest BCUT2D eigenvalue weighted by Gasteiger charge is -2.30. The second kappa shape index (κ2) is 14.4. The number of ether oxygens (including phenoxy) is 2. The van der Waals surface area contributed by atoms with Gasteiger partial charge in [0, 0.05) is 25.4 Å². The SMILES string of the molecule is CC(C)(C)OC(=O)N[C@H]1CCCCC/C=C\[C@@H]2C[C@@]2(C(=O)NS(C)(=O)=O)NC(=O)[C@@H]2C[C@@H](OC(=O)N3CCc4ccccc4C3)CN2C1=O. The Labute approximate surface area is 287 Å². The number of allylic oxidation sites excluding steroid dienone is 1. The van der Waals surface area contributed by atoms with E-state index in [2.05, 4.69) is 10.6 Å². The van der Waals surface area contributed by atoms with Crippen LogP contribution in [0.1, 0.15) is 76.8 Å². The second-order valence-corrected chi connectivity index (χ2v) is 16.2. The quantitative estimate of drug-likeness (QED) is 0.398. The maximum Gasteiger partial charge on any atom is 0.410 e. The molecule has 3 aliphatic heterocycles. The topological polar surface area (TPSA) is 181 Å². The number of benzene rings is 1. The van der Waals surface area contributed by atoms with Crippen LogP contribution in [0.5, 0.6) is 0 Å². The minimum atomic E-state index is -3.93. The Bertz CT molecular complexity index is 1610. The number of nitrogens with zero attached hydrogens (tertiary/aromatic N) is 2. The lowest BCUT2D eigenvalue weighted by molar-refractivity contribution is -0.141. The van der Waals surface area contributed by atoms with Crippen LogP contribution in [0.4, 0.5) is 9.59 Å². The van der Waals surface area contributed by atoms with Crippen LogP contribution < -0.4 is 15.4 Å². The number of alkyl carbamates (subject to hydrolysis) is 1. The standard InChI is InChI=1S/C34H47N5O9S/c1-33(2,3)48-31(43)35-26-15-9-7-5-6-8-14-24-19-34(24,30(42)37-49(4,45)46)36-28(40)27-18-25(21-39(27)29(26)41)47-32(44)38-17-16-22-12-10-11-13-23(22)20-38/h8,10-14,24-27H,5-7,9,15-21H2,1-4H3,(H,35,43)(H,36,40)(H,37,42)/b14-8-/t24-,25-,26+,27+,34-/m1/s1. The van der Waals surface area contributed by atoms with Crippen molar-refractivity contribution in [3.05, 3.63) is 47.5 Å². The van der Waals surface area contributed by atoms with Gasteiger partial charge in [0.15, 0.2) is 0 Å². The molecule has 0 radical (unpaired) electrons. The average Bonchev–Trinajstić information content (AvgIpc) is 3.54. The van der Waals surface area contributed by atoms with E-state index in [1.165, 1.54) is 4.90 Å². The van der Waals surface area contributed by atoms with Crippen LogP contribution in [0.2, 0.25) is 0 Å². The summed E-state index contributed by atoms with van der Waals surface area (Å²) in [6.45, 7) is 5.82. The van der Waals surface area contributed by atoms with Gasteiger partial charge in [-0.15, -0.1) is 0 Å². The van der Waals surface area contributed by atoms with E-state index >= 15 is 0 Å². The molecule has 3 N–H and O–H groups in total. The van der Waals surface area contributed by atoms with Gasteiger partial charge < -0.3 is 29.9 Å². The maximum atomic E-state index is 14.2. The van der Waals surface area contributed by atoms with Gasteiger partial charge in [0.1, 0.15) is 29.3 Å². The van der Waals surface area contributed by atoms with Crippen molar-refractivity contribution in [2.75, 3.05) is 19.3 Å². The van der Waals surface area contributed by atoms with E-state index < -0.39 is 75.2 Å². The second-order valence-electron chi connectivity index (χ2n) is 14.4. The summed E-state index contributed by atoms with van der Waals surface area (Å²) in [5.74, 6) is -2.56. The Morgan fingerprint density at radius 2 is 1.80 bits per heavy atom. The van der Waals surface area contributed by atoms with Crippen LogP contribution in [0.3, 0.4) is 0 Å². The Balaban J connectivity index is 1.40.